The van der Waals surface area contributed by atoms with Crippen LogP contribution in [0.2, 0.25) is 10.0 Å². The number of carbonyl (C=O) groups excluding carboxylic acids is 6. The van der Waals surface area contributed by atoms with Crippen LogP contribution in [-0.4, -0.2) is 62.3 Å². The smallest absolute Gasteiger partial charge is 0.319 e. The lowest BCUT2D eigenvalue weighted by Crippen LogP contribution is -2.44. The zero-order valence-corrected chi connectivity index (χ0v) is 38.6. The third-order valence-corrected chi connectivity index (χ3v) is 13.1. The van der Waals surface area contributed by atoms with E-state index in [1.807, 2.05) is 56.3 Å². The Morgan fingerprint density at radius 1 is 0.662 bits per heavy atom. The van der Waals surface area contributed by atoms with Gasteiger partial charge in [0.15, 0.2) is 16.7 Å². The second kappa shape index (κ2) is 20.4. The third-order valence-electron chi connectivity index (χ3n) is 12.0. The van der Waals surface area contributed by atoms with E-state index in [0.29, 0.717) is 70.7 Å². The number of Topliss-reactive ketones (excluding diaryl/α,β-unsaturated/α-hetero) is 2. The summed E-state index contributed by atoms with van der Waals surface area (Å²) in [5.41, 5.74) is 8.94. The molecule has 4 aromatic carbocycles. The summed E-state index contributed by atoms with van der Waals surface area (Å²) in [6.45, 7) is 12.8. The number of imide groups is 1. The second-order valence-electron chi connectivity index (χ2n) is 16.9. The molecule has 2 fully saturated rings. The normalized spacial score (nSPS) is 18.3. The topological polar surface area (TPSA) is 157 Å². The van der Waals surface area contributed by atoms with Gasteiger partial charge in [0, 0.05) is 59.5 Å². The van der Waals surface area contributed by atoms with Crippen molar-refractivity contribution in [2.45, 2.75) is 96.9 Å². The molecular weight excluding hydrogens is 884 g/mol. The average molecular weight is 934 g/mol. The van der Waals surface area contributed by atoms with Crippen molar-refractivity contribution in [1.29, 1.82) is 0 Å². The van der Waals surface area contributed by atoms with Gasteiger partial charge in [-0.25, -0.2) is 4.79 Å². The van der Waals surface area contributed by atoms with E-state index in [-0.39, 0.29) is 47.6 Å². The van der Waals surface area contributed by atoms with E-state index in [2.05, 4.69) is 34.4 Å². The van der Waals surface area contributed by atoms with E-state index in [0.717, 1.165) is 63.2 Å². The third kappa shape index (κ3) is 11.0. The number of allylic oxidation sites excluding steroid dienone is 2. The zero-order chi connectivity index (χ0) is 46.5. The van der Waals surface area contributed by atoms with E-state index in [4.69, 9.17) is 35.4 Å². The molecule has 2 aliphatic heterocycles. The Balaban J connectivity index is 0.000000194. The van der Waals surface area contributed by atoms with E-state index in [1.165, 1.54) is 0 Å². The summed E-state index contributed by atoms with van der Waals surface area (Å²) >= 11 is 17.6. The molecule has 0 aromatic heterocycles. The predicted octanol–water partition coefficient (Wildman–Crippen LogP) is 9.79. The van der Waals surface area contributed by atoms with Crippen LogP contribution in [0.25, 0.3) is 0 Å². The molecule has 0 spiro atoms. The Morgan fingerprint density at radius 3 is 1.83 bits per heavy atom. The quantitative estimate of drug-likeness (QED) is 0.0585. The Bertz CT molecular complexity index is 2670. The van der Waals surface area contributed by atoms with Crippen molar-refractivity contribution < 1.29 is 28.8 Å². The maximum Gasteiger partial charge on any atom is 0.319 e. The fourth-order valence-corrected chi connectivity index (χ4v) is 8.99. The molecule has 8 rings (SSSR count). The number of hydrogen-bond acceptors (Lipinski definition) is 7. The van der Waals surface area contributed by atoms with E-state index >= 15 is 0 Å². The van der Waals surface area contributed by atoms with Crippen LogP contribution in [-0.2, 0) is 29.2 Å². The van der Waals surface area contributed by atoms with E-state index in [1.54, 1.807) is 35.2 Å². The van der Waals surface area contributed by atoms with Crippen LogP contribution in [0.4, 0.5) is 16.2 Å². The van der Waals surface area contributed by atoms with E-state index < -0.39 is 23.9 Å². The number of ketones is 2. The van der Waals surface area contributed by atoms with Crippen LogP contribution in [0.3, 0.4) is 0 Å². The van der Waals surface area contributed by atoms with Crippen LogP contribution < -0.4 is 21.3 Å². The maximum atomic E-state index is 13.1. The number of anilines is 2. The first-order valence-electron chi connectivity index (χ1n) is 21.5. The molecule has 0 radical (unpaired) electrons. The van der Waals surface area contributed by atoms with Crippen molar-refractivity contribution in [3.8, 4) is 0 Å². The first-order valence-corrected chi connectivity index (χ1v) is 22.7. The van der Waals surface area contributed by atoms with Gasteiger partial charge in [0.25, 0.3) is 17.7 Å². The summed E-state index contributed by atoms with van der Waals surface area (Å²) in [7, 11) is 0. The van der Waals surface area contributed by atoms with Crippen LogP contribution in [0.15, 0.2) is 97.1 Å². The molecule has 2 unspecified atom stereocenters. The SMILES string of the molecule is C=C1CCCC(N2C(=O)c3ccc(CNC(=O)Nc4ccc(C)c(Cl)c4)cc3C2=O)C(=O)C1.C=C1CCCC(N2Cc3cc(CNC(=S)Nc4ccc(C)c(Cl)c4)ccc3C2=O)C(=O)C1. The Morgan fingerprint density at radius 2 is 1.20 bits per heavy atom. The van der Waals surface area contributed by atoms with Gasteiger partial charge >= 0.3 is 6.03 Å². The lowest BCUT2D eigenvalue weighted by Gasteiger charge is -2.25. The molecule has 15 heteroatoms. The minimum Gasteiger partial charge on any atom is -0.358 e. The van der Waals surface area contributed by atoms with Gasteiger partial charge in [-0.1, -0.05) is 77.8 Å². The standard InChI is InChI=1S/C25H24ClN3O4.C25H26ClN3O2S/c1-14-4-3-5-21(22(30)10-14)29-23(31)18-9-7-16(11-19(18)24(29)32)13-27-25(33)28-17-8-6-15(2)20(26)12-17;1-15-4-3-5-22(23(30)10-15)29-14-18-11-17(7-9-20(18)24(29)31)13-27-25(32)28-19-8-6-16(2)21(26)12-19/h6-9,11-12,21H,1,3-5,10,13H2,2H3,(H2,27,28,33);6-9,11-12,22H,1,3-5,10,13-14H2,2H3,(H2,27,28,32). The van der Waals surface area contributed by atoms with Gasteiger partial charge in [0.2, 0.25) is 0 Å². The molecule has 5 amide bonds. The van der Waals surface area contributed by atoms with Crippen molar-refractivity contribution in [1.82, 2.24) is 20.4 Å². The van der Waals surface area contributed by atoms with Crippen molar-refractivity contribution >= 4 is 87.2 Å². The number of benzene rings is 4. The molecular formula is C50H50Cl2N6O6S. The second-order valence-corrected chi connectivity index (χ2v) is 18.2. The molecule has 2 saturated carbocycles. The van der Waals surface area contributed by atoms with Gasteiger partial charge in [-0.15, -0.1) is 0 Å². The molecule has 4 aliphatic rings. The highest BCUT2D eigenvalue weighted by molar-refractivity contribution is 7.80. The van der Waals surface area contributed by atoms with Crippen molar-refractivity contribution in [3.05, 3.63) is 152 Å². The van der Waals surface area contributed by atoms with Crippen LogP contribution in [0.5, 0.6) is 0 Å². The Kier molecular flexibility index (Phi) is 14.7. The lowest BCUT2D eigenvalue weighted by atomic mass is 10.1. The fraction of sp³-hybridized carbons (Fsp3) is 0.300. The van der Waals surface area contributed by atoms with Gasteiger partial charge in [-0.2, -0.15) is 0 Å². The van der Waals surface area contributed by atoms with Crippen LogP contribution >= 0.6 is 35.4 Å². The number of hydrogen-bond donors (Lipinski definition) is 4. The Hall–Kier alpha value is -6.15. The van der Waals surface area contributed by atoms with E-state index in [9.17, 15) is 28.8 Å². The minimum absolute atomic E-state index is 0.0567. The molecule has 2 aliphatic carbocycles. The summed E-state index contributed by atoms with van der Waals surface area (Å²) in [4.78, 5) is 79.3. The maximum absolute atomic E-state index is 13.1. The number of urea groups is 1. The largest absolute Gasteiger partial charge is 0.358 e. The zero-order valence-electron chi connectivity index (χ0n) is 36.3. The molecule has 0 saturated heterocycles. The highest BCUT2D eigenvalue weighted by Crippen LogP contribution is 2.33. The molecule has 4 aromatic rings. The molecule has 2 atom stereocenters. The van der Waals surface area contributed by atoms with Crippen LogP contribution in [0, 0.1) is 13.8 Å². The van der Waals surface area contributed by atoms with Crippen molar-refractivity contribution in [2.75, 3.05) is 10.6 Å². The monoisotopic (exact) mass is 932 g/mol. The summed E-state index contributed by atoms with van der Waals surface area (Å²) < 4.78 is 0. The molecule has 2 heterocycles. The number of thiocarbonyl (C=S) groups is 1. The number of halogens is 2. The number of carbonyl (C=O) groups is 6. The number of amides is 5. The fourth-order valence-electron chi connectivity index (χ4n) is 8.44. The first kappa shape index (κ1) is 46.8. The minimum atomic E-state index is -0.759. The van der Waals surface area contributed by atoms with Gasteiger partial charge in [-0.3, -0.25) is 28.9 Å². The number of fused-ring (bicyclic) bond motifs is 2. The van der Waals surface area contributed by atoms with Crippen molar-refractivity contribution in [2.24, 2.45) is 0 Å². The van der Waals surface area contributed by atoms with Crippen molar-refractivity contribution in [3.63, 3.8) is 0 Å². The highest BCUT2D eigenvalue weighted by Gasteiger charge is 2.43. The summed E-state index contributed by atoms with van der Waals surface area (Å²) in [5.74, 6) is -1.03. The number of rotatable bonds is 8. The number of nitrogens with one attached hydrogen (secondary N) is 4. The average Bonchev–Trinajstić information content (AvgIpc) is 3.55. The van der Waals surface area contributed by atoms with Gasteiger partial charge in [-0.05, 0) is 135 Å². The molecule has 0 bridgehead atoms. The summed E-state index contributed by atoms with van der Waals surface area (Å²) in [5, 5.41) is 13.5. The number of nitrogens with zero attached hydrogens (tertiary/aromatic N) is 2. The predicted molar refractivity (Wildman–Crippen MR) is 257 cm³/mol. The Labute approximate surface area is 393 Å². The molecule has 4 N–H and O–H groups in total. The number of aryl methyl sites for hydroxylation is 2. The van der Waals surface area contributed by atoms with Gasteiger partial charge in [0.05, 0.1) is 23.2 Å². The summed E-state index contributed by atoms with van der Waals surface area (Å²) in [6.07, 6.45) is 4.88. The summed E-state index contributed by atoms with van der Waals surface area (Å²) in [6, 6.07) is 20.0. The molecule has 336 valence electrons. The highest BCUT2D eigenvalue weighted by atomic mass is 35.5. The first-order chi connectivity index (χ1) is 31.1. The van der Waals surface area contributed by atoms with Gasteiger partial charge in [0.1, 0.15) is 0 Å². The lowest BCUT2D eigenvalue weighted by molar-refractivity contribution is -0.123. The molecule has 12 nitrogen and oxygen atoms in total. The van der Waals surface area contributed by atoms with Crippen LogP contribution in [0.1, 0.15) is 110 Å². The van der Waals surface area contributed by atoms with Gasteiger partial charge < -0.3 is 26.2 Å². The molecule has 65 heavy (non-hydrogen) atoms.